The summed E-state index contributed by atoms with van der Waals surface area (Å²) in [6.07, 6.45) is 5.11. The smallest absolute Gasteiger partial charge is 0.164 e. The Hall–Kier alpha value is -1.09. The van der Waals surface area contributed by atoms with E-state index in [0.29, 0.717) is 0 Å². The number of halogens is 1. The van der Waals surface area contributed by atoms with Gasteiger partial charge in [0.2, 0.25) is 0 Å². The van der Waals surface area contributed by atoms with E-state index < -0.39 is 5.82 Å². The van der Waals surface area contributed by atoms with Crippen LogP contribution in [0.2, 0.25) is 0 Å². The van der Waals surface area contributed by atoms with Crippen LogP contribution in [0.25, 0.3) is 0 Å². The number of hydrogen-bond acceptors (Lipinski definition) is 2. The van der Waals surface area contributed by atoms with Gasteiger partial charge in [0.15, 0.2) is 11.6 Å². The second-order valence-corrected chi connectivity index (χ2v) is 4.48. The van der Waals surface area contributed by atoms with Crippen LogP contribution in [-0.2, 0) is 6.54 Å². The van der Waals surface area contributed by atoms with Gasteiger partial charge in [-0.15, -0.1) is 0 Å². The van der Waals surface area contributed by atoms with E-state index in [1.54, 1.807) is 6.07 Å². The molecule has 0 radical (unpaired) electrons. The molecule has 3 heteroatoms. The SMILES string of the molecule is Oc1cc(CN2CCCCCC2)ccc1F. The Morgan fingerprint density at radius 1 is 1.12 bits per heavy atom. The minimum Gasteiger partial charge on any atom is -0.505 e. The van der Waals surface area contributed by atoms with Gasteiger partial charge in [-0.1, -0.05) is 18.9 Å². The van der Waals surface area contributed by atoms with Crippen molar-refractivity contribution in [2.24, 2.45) is 0 Å². The maximum atomic E-state index is 12.9. The molecule has 16 heavy (non-hydrogen) atoms. The number of benzene rings is 1. The van der Waals surface area contributed by atoms with Crippen LogP contribution in [0.4, 0.5) is 4.39 Å². The summed E-state index contributed by atoms with van der Waals surface area (Å²) in [7, 11) is 0. The Kier molecular flexibility index (Phi) is 3.78. The van der Waals surface area contributed by atoms with Crippen molar-refractivity contribution >= 4 is 0 Å². The lowest BCUT2D eigenvalue weighted by Gasteiger charge is -2.19. The molecule has 1 N–H and O–H groups in total. The third-order valence-electron chi connectivity index (χ3n) is 3.12. The van der Waals surface area contributed by atoms with Crippen molar-refractivity contribution in [3.05, 3.63) is 29.6 Å². The van der Waals surface area contributed by atoms with E-state index in [4.69, 9.17) is 0 Å². The number of likely N-dealkylation sites (tertiary alicyclic amines) is 1. The van der Waals surface area contributed by atoms with Crippen molar-refractivity contribution in [2.45, 2.75) is 32.2 Å². The predicted octanol–water partition coefficient (Wildman–Crippen LogP) is 2.91. The number of nitrogens with zero attached hydrogens (tertiary/aromatic N) is 1. The molecule has 2 rings (SSSR count). The average molecular weight is 223 g/mol. The largest absolute Gasteiger partial charge is 0.505 e. The fourth-order valence-corrected chi connectivity index (χ4v) is 2.21. The van der Waals surface area contributed by atoms with Gasteiger partial charge in [0.25, 0.3) is 0 Å². The highest BCUT2D eigenvalue weighted by Crippen LogP contribution is 2.19. The van der Waals surface area contributed by atoms with E-state index in [2.05, 4.69) is 4.90 Å². The van der Waals surface area contributed by atoms with Gasteiger partial charge < -0.3 is 5.11 Å². The fraction of sp³-hybridized carbons (Fsp3) is 0.538. The van der Waals surface area contributed by atoms with Crippen molar-refractivity contribution in [3.8, 4) is 5.75 Å². The first-order chi connectivity index (χ1) is 7.75. The molecule has 0 unspecified atom stereocenters. The third-order valence-corrected chi connectivity index (χ3v) is 3.12. The van der Waals surface area contributed by atoms with Crippen molar-refractivity contribution in [3.63, 3.8) is 0 Å². The van der Waals surface area contributed by atoms with Crippen LogP contribution in [0, 0.1) is 5.82 Å². The molecule has 1 heterocycles. The number of hydrogen-bond donors (Lipinski definition) is 1. The molecule has 1 fully saturated rings. The van der Waals surface area contributed by atoms with Crippen LogP contribution in [0.5, 0.6) is 5.75 Å². The molecule has 0 saturated carbocycles. The summed E-state index contributed by atoms with van der Waals surface area (Å²) in [5.74, 6) is -0.785. The van der Waals surface area contributed by atoms with Crippen LogP contribution in [0.1, 0.15) is 31.2 Å². The van der Waals surface area contributed by atoms with Crippen LogP contribution < -0.4 is 0 Å². The Bertz CT molecular complexity index is 346. The lowest BCUT2D eigenvalue weighted by atomic mass is 10.2. The second-order valence-electron chi connectivity index (χ2n) is 4.48. The molecule has 1 aromatic rings. The highest BCUT2D eigenvalue weighted by atomic mass is 19.1. The van der Waals surface area contributed by atoms with Crippen LogP contribution in [-0.4, -0.2) is 23.1 Å². The van der Waals surface area contributed by atoms with Crippen LogP contribution in [0.15, 0.2) is 18.2 Å². The minimum absolute atomic E-state index is 0.243. The molecule has 1 aliphatic heterocycles. The maximum absolute atomic E-state index is 12.9. The van der Waals surface area contributed by atoms with Crippen LogP contribution in [0.3, 0.4) is 0 Å². The summed E-state index contributed by atoms with van der Waals surface area (Å²) in [6.45, 7) is 3.03. The van der Waals surface area contributed by atoms with E-state index in [1.165, 1.54) is 37.8 Å². The maximum Gasteiger partial charge on any atom is 0.164 e. The quantitative estimate of drug-likeness (QED) is 0.833. The standard InChI is InChI=1S/C13H18FNO/c14-12-6-5-11(9-13(12)16)10-15-7-3-1-2-4-8-15/h5-6,9,16H,1-4,7-8,10H2. The van der Waals surface area contributed by atoms with E-state index >= 15 is 0 Å². The Morgan fingerprint density at radius 3 is 2.44 bits per heavy atom. The Labute approximate surface area is 95.7 Å². The predicted molar refractivity (Wildman–Crippen MR) is 61.8 cm³/mol. The monoisotopic (exact) mass is 223 g/mol. The van der Waals surface area contributed by atoms with Gasteiger partial charge in [0.1, 0.15) is 0 Å². The van der Waals surface area contributed by atoms with E-state index in [9.17, 15) is 9.50 Å². The first-order valence-corrected chi connectivity index (χ1v) is 5.95. The molecular formula is C13H18FNO. The summed E-state index contributed by atoms with van der Waals surface area (Å²) >= 11 is 0. The van der Waals surface area contributed by atoms with Crippen LogP contribution >= 0.6 is 0 Å². The molecule has 1 aliphatic rings. The van der Waals surface area contributed by atoms with Crippen molar-refractivity contribution in [1.82, 2.24) is 4.90 Å². The number of rotatable bonds is 2. The zero-order valence-corrected chi connectivity index (χ0v) is 9.45. The van der Waals surface area contributed by atoms with E-state index in [-0.39, 0.29) is 5.75 Å². The molecule has 1 saturated heterocycles. The zero-order chi connectivity index (χ0) is 11.4. The molecule has 0 spiro atoms. The van der Waals surface area contributed by atoms with Gasteiger partial charge in [-0.3, -0.25) is 4.90 Å². The number of phenolic OH excluding ortho intramolecular Hbond substituents is 1. The van der Waals surface area contributed by atoms with E-state index in [0.717, 1.165) is 25.2 Å². The highest BCUT2D eigenvalue weighted by molar-refractivity contribution is 5.28. The first kappa shape index (κ1) is 11.4. The summed E-state index contributed by atoms with van der Waals surface area (Å²) < 4.78 is 12.9. The summed E-state index contributed by atoms with van der Waals surface area (Å²) in [6, 6.07) is 4.61. The molecule has 0 aliphatic carbocycles. The molecule has 0 amide bonds. The van der Waals surface area contributed by atoms with Gasteiger partial charge in [0.05, 0.1) is 0 Å². The highest BCUT2D eigenvalue weighted by Gasteiger charge is 2.10. The topological polar surface area (TPSA) is 23.5 Å². The summed E-state index contributed by atoms with van der Waals surface area (Å²) in [5.41, 5.74) is 0.987. The van der Waals surface area contributed by atoms with Gasteiger partial charge in [-0.25, -0.2) is 4.39 Å². The molecular weight excluding hydrogens is 205 g/mol. The van der Waals surface area contributed by atoms with Gasteiger partial charge in [-0.05, 0) is 43.6 Å². The van der Waals surface area contributed by atoms with Gasteiger partial charge >= 0.3 is 0 Å². The Balaban J connectivity index is 1.99. The molecule has 0 aromatic heterocycles. The van der Waals surface area contributed by atoms with Gasteiger partial charge in [-0.2, -0.15) is 0 Å². The minimum atomic E-state index is -0.542. The lowest BCUT2D eigenvalue weighted by molar-refractivity contribution is 0.276. The van der Waals surface area contributed by atoms with Gasteiger partial charge in [0, 0.05) is 6.54 Å². The van der Waals surface area contributed by atoms with Crippen molar-refractivity contribution < 1.29 is 9.50 Å². The molecule has 0 bridgehead atoms. The third kappa shape index (κ3) is 2.95. The molecule has 88 valence electrons. The lowest BCUT2D eigenvalue weighted by Crippen LogP contribution is -2.23. The zero-order valence-electron chi connectivity index (χ0n) is 9.45. The summed E-state index contributed by atoms with van der Waals surface area (Å²) in [5, 5.41) is 9.29. The molecule has 2 nitrogen and oxygen atoms in total. The normalized spacial score (nSPS) is 18.3. The summed E-state index contributed by atoms with van der Waals surface area (Å²) in [4.78, 5) is 2.37. The molecule has 1 aromatic carbocycles. The first-order valence-electron chi connectivity index (χ1n) is 5.95. The molecule has 0 atom stereocenters. The number of aromatic hydroxyl groups is 1. The average Bonchev–Trinajstić information content (AvgIpc) is 2.52. The van der Waals surface area contributed by atoms with E-state index in [1.807, 2.05) is 0 Å². The Morgan fingerprint density at radius 2 is 1.81 bits per heavy atom. The van der Waals surface area contributed by atoms with Crippen molar-refractivity contribution in [2.75, 3.05) is 13.1 Å². The fourth-order valence-electron chi connectivity index (χ4n) is 2.21. The second kappa shape index (κ2) is 5.30. The van der Waals surface area contributed by atoms with Crippen molar-refractivity contribution in [1.29, 1.82) is 0 Å². The number of phenols is 1.